The molecule has 0 bridgehead atoms. The molecule has 2 N–H and O–H groups in total. The predicted octanol–water partition coefficient (Wildman–Crippen LogP) is -0.0849. The van der Waals surface area contributed by atoms with E-state index in [9.17, 15) is 5.11 Å². The molecule has 5 nitrogen and oxygen atoms in total. The van der Waals surface area contributed by atoms with Gasteiger partial charge in [0.1, 0.15) is 12.6 Å². The van der Waals surface area contributed by atoms with Gasteiger partial charge in [-0.15, -0.1) is 0 Å². The highest BCUT2D eigenvalue weighted by molar-refractivity contribution is 5.28. The van der Waals surface area contributed by atoms with E-state index in [0.717, 1.165) is 44.2 Å². The van der Waals surface area contributed by atoms with E-state index in [4.69, 9.17) is 0 Å². The third kappa shape index (κ3) is 3.56. The van der Waals surface area contributed by atoms with Gasteiger partial charge in [0.05, 0.1) is 26.2 Å². The lowest BCUT2D eigenvalue weighted by Gasteiger charge is -2.33. The summed E-state index contributed by atoms with van der Waals surface area (Å²) in [6.45, 7) is 4.62. The molecule has 3 rings (SSSR count). The summed E-state index contributed by atoms with van der Waals surface area (Å²) in [7, 11) is 0. The van der Waals surface area contributed by atoms with Gasteiger partial charge in [-0.3, -0.25) is 0 Å². The molecule has 21 heavy (non-hydrogen) atoms. The molecule has 1 aromatic carbocycles. The van der Waals surface area contributed by atoms with E-state index < -0.39 is 0 Å². The number of rotatable bonds is 4. The third-order valence-electron chi connectivity index (χ3n) is 3.97. The van der Waals surface area contributed by atoms with Gasteiger partial charge in [-0.2, -0.15) is 0 Å². The monoisotopic (exact) mass is 285 g/mol. The van der Waals surface area contributed by atoms with Crippen LogP contribution in [0.15, 0.2) is 48.8 Å². The van der Waals surface area contributed by atoms with E-state index in [-0.39, 0.29) is 6.10 Å². The second-order valence-electron chi connectivity index (χ2n) is 5.42. The number of aliphatic hydroxyl groups excluding tert-OH is 1. The molecule has 0 saturated carbocycles. The summed E-state index contributed by atoms with van der Waals surface area (Å²) in [6, 6.07) is 11.7. The molecule has 1 fully saturated rings. The van der Waals surface area contributed by atoms with E-state index in [1.54, 1.807) is 12.4 Å². The fraction of sp³-hybridized carbons (Fsp3) is 0.375. The SMILES string of the molecule is O[C@@H](C[NH+]1CCN(c2ncccn2)CC1)c1ccccc1. The zero-order chi connectivity index (χ0) is 14.5. The highest BCUT2D eigenvalue weighted by atomic mass is 16.3. The van der Waals surface area contributed by atoms with Gasteiger partial charge in [0.25, 0.3) is 0 Å². The van der Waals surface area contributed by atoms with Crippen LogP contribution in [0.1, 0.15) is 11.7 Å². The molecule has 5 heteroatoms. The van der Waals surface area contributed by atoms with E-state index in [0.29, 0.717) is 0 Å². The number of piperazine rings is 1. The molecule has 1 aliphatic heterocycles. The summed E-state index contributed by atoms with van der Waals surface area (Å²) < 4.78 is 0. The summed E-state index contributed by atoms with van der Waals surface area (Å²) in [5.74, 6) is 0.806. The van der Waals surface area contributed by atoms with Crippen LogP contribution < -0.4 is 9.80 Å². The van der Waals surface area contributed by atoms with Crippen molar-refractivity contribution in [2.75, 3.05) is 37.6 Å². The fourth-order valence-corrected chi connectivity index (χ4v) is 2.75. The van der Waals surface area contributed by atoms with Crippen molar-refractivity contribution in [1.29, 1.82) is 0 Å². The number of aliphatic hydroxyl groups is 1. The van der Waals surface area contributed by atoms with Gasteiger partial charge >= 0.3 is 0 Å². The zero-order valence-corrected chi connectivity index (χ0v) is 12.0. The van der Waals surface area contributed by atoms with E-state index in [2.05, 4.69) is 14.9 Å². The lowest BCUT2D eigenvalue weighted by Crippen LogP contribution is -3.15. The largest absolute Gasteiger partial charge is 0.382 e. The molecule has 0 radical (unpaired) electrons. The highest BCUT2D eigenvalue weighted by Gasteiger charge is 2.24. The predicted molar refractivity (Wildman–Crippen MR) is 81.2 cm³/mol. The number of anilines is 1. The maximum atomic E-state index is 10.3. The van der Waals surface area contributed by atoms with Crippen LogP contribution in [0.5, 0.6) is 0 Å². The van der Waals surface area contributed by atoms with Gasteiger partial charge in [0, 0.05) is 12.4 Å². The van der Waals surface area contributed by atoms with Crippen molar-refractivity contribution >= 4 is 5.95 Å². The van der Waals surface area contributed by atoms with Crippen LogP contribution in [0.25, 0.3) is 0 Å². The molecule has 0 unspecified atom stereocenters. The maximum Gasteiger partial charge on any atom is 0.225 e. The van der Waals surface area contributed by atoms with Crippen molar-refractivity contribution in [3.63, 3.8) is 0 Å². The van der Waals surface area contributed by atoms with Gasteiger partial charge in [-0.1, -0.05) is 30.3 Å². The molecule has 0 aliphatic carbocycles. The third-order valence-corrected chi connectivity index (χ3v) is 3.97. The van der Waals surface area contributed by atoms with E-state index in [1.165, 1.54) is 4.90 Å². The van der Waals surface area contributed by atoms with Crippen LogP contribution in [0.4, 0.5) is 5.95 Å². The molecular weight excluding hydrogens is 264 g/mol. The van der Waals surface area contributed by atoms with Crippen LogP contribution in [-0.4, -0.2) is 47.8 Å². The second kappa shape index (κ2) is 6.65. The second-order valence-corrected chi connectivity index (χ2v) is 5.42. The summed E-state index contributed by atoms with van der Waals surface area (Å²) >= 11 is 0. The Bertz CT molecular complexity index is 541. The Kier molecular flexibility index (Phi) is 4.43. The minimum atomic E-state index is -0.388. The van der Waals surface area contributed by atoms with Crippen molar-refractivity contribution in [3.8, 4) is 0 Å². The lowest BCUT2D eigenvalue weighted by atomic mass is 10.1. The Morgan fingerprint density at radius 3 is 2.38 bits per heavy atom. The Morgan fingerprint density at radius 1 is 1.05 bits per heavy atom. The summed E-state index contributed by atoms with van der Waals surface area (Å²) in [6.07, 6.45) is 3.17. The molecular formula is C16H21N4O+. The topological polar surface area (TPSA) is 53.7 Å². The van der Waals surface area contributed by atoms with Gasteiger partial charge < -0.3 is 14.9 Å². The summed E-state index contributed by atoms with van der Waals surface area (Å²) in [5, 5.41) is 10.3. The van der Waals surface area contributed by atoms with Gasteiger partial charge in [-0.05, 0) is 11.6 Å². The average Bonchev–Trinajstić information content (AvgIpc) is 2.57. The van der Waals surface area contributed by atoms with Crippen molar-refractivity contribution in [3.05, 3.63) is 54.4 Å². The quantitative estimate of drug-likeness (QED) is 0.825. The van der Waals surface area contributed by atoms with Crippen LogP contribution >= 0.6 is 0 Å². The Labute approximate surface area is 124 Å². The summed E-state index contributed by atoms with van der Waals surface area (Å²) in [5.41, 5.74) is 0.999. The van der Waals surface area contributed by atoms with E-state index >= 15 is 0 Å². The van der Waals surface area contributed by atoms with Crippen molar-refractivity contribution < 1.29 is 10.0 Å². The van der Waals surface area contributed by atoms with Crippen LogP contribution in [0, 0.1) is 0 Å². The van der Waals surface area contributed by atoms with Gasteiger partial charge in [-0.25, -0.2) is 9.97 Å². The van der Waals surface area contributed by atoms with Crippen LogP contribution in [0.3, 0.4) is 0 Å². The first-order valence-electron chi connectivity index (χ1n) is 7.41. The number of aromatic nitrogens is 2. The minimum Gasteiger partial charge on any atom is -0.382 e. The Balaban J connectivity index is 1.52. The molecule has 2 heterocycles. The lowest BCUT2D eigenvalue weighted by molar-refractivity contribution is -0.904. The first-order valence-corrected chi connectivity index (χ1v) is 7.41. The number of nitrogens with one attached hydrogen (secondary N) is 1. The molecule has 2 aromatic rings. The van der Waals surface area contributed by atoms with Crippen molar-refractivity contribution in [2.24, 2.45) is 0 Å². The molecule has 1 atom stereocenters. The molecule has 0 spiro atoms. The number of benzene rings is 1. The molecule has 1 aliphatic rings. The van der Waals surface area contributed by atoms with Gasteiger partial charge in [0.15, 0.2) is 0 Å². The maximum absolute atomic E-state index is 10.3. The number of nitrogens with zero attached hydrogens (tertiary/aromatic N) is 3. The van der Waals surface area contributed by atoms with Crippen LogP contribution in [0.2, 0.25) is 0 Å². The van der Waals surface area contributed by atoms with Crippen LogP contribution in [-0.2, 0) is 0 Å². The number of quaternary nitrogens is 1. The van der Waals surface area contributed by atoms with E-state index in [1.807, 2.05) is 36.4 Å². The number of hydrogen-bond donors (Lipinski definition) is 2. The molecule has 110 valence electrons. The highest BCUT2D eigenvalue weighted by Crippen LogP contribution is 2.10. The van der Waals surface area contributed by atoms with Crippen molar-refractivity contribution in [2.45, 2.75) is 6.10 Å². The Morgan fingerprint density at radius 2 is 1.71 bits per heavy atom. The molecule has 0 amide bonds. The fourth-order valence-electron chi connectivity index (χ4n) is 2.75. The summed E-state index contributed by atoms with van der Waals surface area (Å²) in [4.78, 5) is 12.2. The normalized spacial score (nSPS) is 17.7. The molecule has 1 aromatic heterocycles. The zero-order valence-electron chi connectivity index (χ0n) is 12.0. The Hall–Kier alpha value is -1.98. The van der Waals surface area contributed by atoms with Gasteiger partial charge in [0.2, 0.25) is 5.95 Å². The minimum absolute atomic E-state index is 0.388. The first kappa shape index (κ1) is 14.0. The smallest absolute Gasteiger partial charge is 0.225 e. The molecule has 1 saturated heterocycles. The first-order chi connectivity index (χ1) is 10.3. The van der Waals surface area contributed by atoms with Crippen molar-refractivity contribution in [1.82, 2.24) is 9.97 Å². The standard InChI is InChI=1S/C16H20N4O/c21-15(14-5-2-1-3-6-14)13-19-9-11-20(12-10-19)16-17-7-4-8-18-16/h1-8,15,21H,9-13H2/p+1/t15-/m0/s1. The average molecular weight is 285 g/mol. The number of hydrogen-bond acceptors (Lipinski definition) is 4.